The molecule has 130 valence electrons. The van der Waals surface area contributed by atoms with Gasteiger partial charge in [-0.2, -0.15) is 4.57 Å². The van der Waals surface area contributed by atoms with Crippen molar-refractivity contribution in [1.29, 1.82) is 0 Å². The van der Waals surface area contributed by atoms with Crippen LogP contribution < -0.4 is 11.2 Å². The van der Waals surface area contributed by atoms with Gasteiger partial charge in [0.2, 0.25) is 0 Å². The molecule has 1 aliphatic carbocycles. The van der Waals surface area contributed by atoms with Crippen molar-refractivity contribution in [2.24, 2.45) is 5.92 Å². The molecule has 0 aliphatic heterocycles. The van der Waals surface area contributed by atoms with Crippen LogP contribution in [-0.4, -0.2) is 32.7 Å². The Morgan fingerprint density at radius 1 is 1.16 bits per heavy atom. The van der Waals surface area contributed by atoms with Gasteiger partial charge in [-0.3, -0.25) is 14.2 Å². The fraction of sp³-hybridized carbons (Fsp3) is 0.235. The zero-order valence-electron chi connectivity index (χ0n) is 12.9. The quantitative estimate of drug-likeness (QED) is 0.841. The van der Waals surface area contributed by atoms with Crippen LogP contribution in [0.3, 0.4) is 0 Å². The lowest BCUT2D eigenvalue weighted by atomic mass is 10.0. The van der Waals surface area contributed by atoms with E-state index in [-0.39, 0.29) is 5.56 Å². The van der Waals surface area contributed by atoms with E-state index in [1.54, 1.807) is 18.2 Å². The number of aliphatic hydroxyl groups is 1. The maximum Gasteiger partial charge on any atom is 0.338 e. The van der Waals surface area contributed by atoms with Gasteiger partial charge in [-0.05, 0) is 18.2 Å². The molecule has 1 N–H and O–H groups in total. The van der Waals surface area contributed by atoms with E-state index in [4.69, 9.17) is 0 Å². The summed E-state index contributed by atoms with van der Waals surface area (Å²) < 4.78 is 28.8. The normalized spacial score (nSPS) is 21.4. The highest BCUT2D eigenvalue weighted by molar-refractivity contribution is 5.95. The first-order valence-corrected chi connectivity index (χ1v) is 7.49. The predicted molar refractivity (Wildman–Crippen MR) is 84.8 cm³/mol. The lowest BCUT2D eigenvalue weighted by Crippen LogP contribution is -2.45. The molecule has 0 unspecified atom stereocenters. The molecule has 0 bridgehead atoms. The van der Waals surface area contributed by atoms with Crippen molar-refractivity contribution in [2.75, 3.05) is 6.61 Å². The van der Waals surface area contributed by atoms with E-state index in [2.05, 4.69) is 0 Å². The van der Waals surface area contributed by atoms with Gasteiger partial charge in [0.1, 0.15) is 0 Å². The summed E-state index contributed by atoms with van der Waals surface area (Å²) in [6, 6.07) is 7.48. The number of halogens is 2. The lowest BCUT2D eigenvalue weighted by molar-refractivity contribution is -0.0353. The third-order valence-electron chi connectivity index (χ3n) is 4.17. The predicted octanol–water partition coefficient (Wildman–Crippen LogP) is 1.05. The summed E-state index contributed by atoms with van der Waals surface area (Å²) in [5, 5.41) is 9.26. The summed E-state index contributed by atoms with van der Waals surface area (Å²) in [6.45, 7) is -0.858. The molecule has 0 amide bonds. The third-order valence-corrected chi connectivity index (χ3v) is 4.17. The molecule has 25 heavy (non-hydrogen) atoms. The van der Waals surface area contributed by atoms with Crippen LogP contribution in [0.1, 0.15) is 16.4 Å². The van der Waals surface area contributed by atoms with Crippen molar-refractivity contribution in [3.8, 4) is 0 Å². The van der Waals surface area contributed by atoms with E-state index in [1.165, 1.54) is 12.1 Å². The first-order valence-electron chi connectivity index (χ1n) is 7.49. The second-order valence-corrected chi connectivity index (χ2v) is 5.66. The molecule has 0 fully saturated rings. The Labute approximate surface area is 140 Å². The van der Waals surface area contributed by atoms with E-state index < -0.39 is 41.6 Å². The van der Waals surface area contributed by atoms with Crippen molar-refractivity contribution >= 4 is 5.91 Å². The van der Waals surface area contributed by atoms with Crippen molar-refractivity contribution in [1.82, 2.24) is 9.13 Å². The van der Waals surface area contributed by atoms with E-state index in [9.17, 15) is 28.3 Å². The van der Waals surface area contributed by atoms with Crippen LogP contribution in [-0.2, 0) is 0 Å². The Hall–Kier alpha value is -2.87. The third kappa shape index (κ3) is 2.85. The average Bonchev–Trinajstić information content (AvgIpc) is 2.90. The molecule has 1 aromatic heterocycles. The Morgan fingerprint density at radius 2 is 1.84 bits per heavy atom. The van der Waals surface area contributed by atoms with Gasteiger partial charge < -0.3 is 5.11 Å². The number of carbonyl (C=O) groups is 1. The van der Waals surface area contributed by atoms with Crippen LogP contribution in [0.15, 0.2) is 64.3 Å². The molecule has 8 heteroatoms. The molecule has 0 radical (unpaired) electrons. The molecular formula is C17H14F2N2O4. The minimum atomic E-state index is -3.29. The Morgan fingerprint density at radius 3 is 2.48 bits per heavy atom. The number of nitrogens with zero attached hydrogens (tertiary/aromatic N) is 2. The zero-order chi connectivity index (χ0) is 18.2. The topological polar surface area (TPSA) is 81.3 Å². The molecule has 1 aliphatic rings. The van der Waals surface area contributed by atoms with Gasteiger partial charge >= 0.3 is 5.69 Å². The van der Waals surface area contributed by atoms with Gasteiger partial charge in [-0.25, -0.2) is 13.6 Å². The van der Waals surface area contributed by atoms with E-state index >= 15 is 0 Å². The summed E-state index contributed by atoms with van der Waals surface area (Å²) in [4.78, 5) is 37.1. The van der Waals surface area contributed by atoms with Crippen LogP contribution in [0.25, 0.3) is 0 Å². The van der Waals surface area contributed by atoms with Crippen molar-refractivity contribution in [2.45, 2.75) is 12.0 Å². The number of rotatable bonds is 3. The molecule has 0 saturated heterocycles. The summed E-state index contributed by atoms with van der Waals surface area (Å²) in [5.41, 5.74) is -1.78. The summed E-state index contributed by atoms with van der Waals surface area (Å²) in [6.07, 6.45) is 2.75. The Kier molecular flexibility index (Phi) is 4.22. The molecule has 3 rings (SSSR count). The molecular weight excluding hydrogens is 334 g/mol. The average molecular weight is 348 g/mol. The molecule has 1 aromatic carbocycles. The Bertz CT molecular complexity index is 947. The zero-order valence-corrected chi connectivity index (χ0v) is 12.9. The largest absolute Gasteiger partial charge is 0.396 e. The first-order chi connectivity index (χ1) is 11.9. The monoisotopic (exact) mass is 348 g/mol. The first kappa shape index (κ1) is 17.0. The maximum atomic E-state index is 13.8. The van der Waals surface area contributed by atoms with Crippen molar-refractivity contribution < 1.29 is 18.7 Å². The van der Waals surface area contributed by atoms with Crippen molar-refractivity contribution in [3.63, 3.8) is 0 Å². The highest BCUT2D eigenvalue weighted by Crippen LogP contribution is 2.40. The number of alkyl halides is 2. The van der Waals surface area contributed by atoms with Gasteiger partial charge in [0.25, 0.3) is 17.4 Å². The van der Waals surface area contributed by atoms with Crippen LogP contribution in [0, 0.1) is 5.92 Å². The number of hydrogen-bond donors (Lipinski definition) is 1. The molecule has 0 saturated carbocycles. The molecule has 6 nitrogen and oxygen atoms in total. The fourth-order valence-corrected chi connectivity index (χ4v) is 2.84. The highest BCUT2D eigenvalue weighted by atomic mass is 19.3. The van der Waals surface area contributed by atoms with Gasteiger partial charge in [-0.15, -0.1) is 0 Å². The van der Waals surface area contributed by atoms with Gasteiger partial charge in [0.15, 0.2) is 0 Å². The molecule has 2 aromatic rings. The molecule has 0 spiro atoms. The number of benzene rings is 1. The summed E-state index contributed by atoms with van der Waals surface area (Å²) in [7, 11) is 0. The second-order valence-electron chi connectivity index (χ2n) is 5.66. The van der Waals surface area contributed by atoms with Crippen molar-refractivity contribution in [3.05, 3.63) is 81.1 Å². The van der Waals surface area contributed by atoms with Crippen LogP contribution in [0.5, 0.6) is 0 Å². The van der Waals surface area contributed by atoms with Crippen LogP contribution >= 0.6 is 0 Å². The molecule has 1 heterocycles. The van der Waals surface area contributed by atoms with Gasteiger partial charge in [0.05, 0.1) is 18.6 Å². The van der Waals surface area contributed by atoms with Gasteiger partial charge in [0, 0.05) is 17.8 Å². The molecule has 2 atom stereocenters. The summed E-state index contributed by atoms with van der Waals surface area (Å²) in [5.74, 6) is -5.69. The van der Waals surface area contributed by atoms with E-state index in [1.807, 2.05) is 0 Å². The lowest BCUT2D eigenvalue weighted by Gasteiger charge is -2.24. The Balaban J connectivity index is 2.11. The minimum Gasteiger partial charge on any atom is -0.396 e. The highest BCUT2D eigenvalue weighted by Gasteiger charge is 2.46. The van der Waals surface area contributed by atoms with E-state index in [0.717, 1.165) is 22.9 Å². The summed E-state index contributed by atoms with van der Waals surface area (Å²) >= 11 is 0. The fourth-order valence-electron chi connectivity index (χ4n) is 2.84. The SMILES string of the molecule is O=C(c1ccccc1)n1c(=O)ccn([C@@H]2C=CC(F)(F)[C@@H]2CO)c1=O. The minimum absolute atomic E-state index is 0.116. The second kappa shape index (κ2) is 6.21. The van der Waals surface area contributed by atoms with Gasteiger partial charge in [-0.1, -0.05) is 24.3 Å². The standard InChI is InChI=1S/C17H14F2N2O4/c18-17(19)8-6-13(12(17)10-22)20-9-7-14(23)21(16(20)25)15(24)11-4-2-1-3-5-11/h1-9,12-13,22H,10H2/t12-,13-/m1/s1. The number of aromatic nitrogens is 2. The number of allylic oxidation sites excluding steroid dienone is 2. The van der Waals surface area contributed by atoms with E-state index in [0.29, 0.717) is 10.6 Å². The maximum absolute atomic E-state index is 13.8. The van der Waals surface area contributed by atoms with Crippen LogP contribution in [0.4, 0.5) is 8.78 Å². The number of hydrogen-bond acceptors (Lipinski definition) is 4. The number of carbonyl (C=O) groups excluding carboxylic acids is 1. The number of aliphatic hydroxyl groups excluding tert-OH is 1. The van der Waals surface area contributed by atoms with Crippen LogP contribution in [0.2, 0.25) is 0 Å². The smallest absolute Gasteiger partial charge is 0.338 e.